The van der Waals surface area contributed by atoms with Crippen molar-refractivity contribution in [1.29, 1.82) is 0 Å². The SMILES string of the molecule is CC(=O)N[C@@H]1[C@H](O[C@@H]2[C@@H](O[C@@H]3[C@H](O)[C@H](O[C@H]4[C@H](O)[C@@H](NC(C)=O)[C@H](O[C@@H]([C@H](O)[C@H](CO)NC(C)=O)[C@H](O)CO[C@@H]5O[C@@H](C)[C@@H](O)[C@@H](O)[C@@H]5O)O[C@@H]4CO)O[C@H](CO[C@H]4O[C@H](CO[C@@H]5O[C@H](CO)[C@@H](O)[C@H](O)[C@H]5NC(C)=O)[C@@H](O)[C@H](O)[C@@H]4O[C@@H]4O[C@H](CO)[C@@H](O)[C@H](O)[C@H]4NC(C)=O)[C@H]3O)O[C@H](CO)[C@@H](O[C@@H]3O[C@H](CO)[C@@H](O[C@@H]4O[C@H](CO)[C@H](O)[C@H](O)[C@H]4O)[C@H](O)[C@H]3NC(C)=O)[C@@H]2O)O[C@H](CO)[C@@H](O[C@@H]2O[C@H](CO)[C@H](O)[C@H](O)[C@H]2O)[C@@H]1O. The Kier molecular flexibility index (Phi) is 46.1. The van der Waals surface area contributed by atoms with Gasteiger partial charge in [-0.05, 0) is 6.92 Å². The topological polar surface area (TPSA) is 1030 Å². The summed E-state index contributed by atoms with van der Waals surface area (Å²) in [5.41, 5.74) is 0. The maximum Gasteiger partial charge on any atom is 0.217 e. The third-order valence-electron chi connectivity index (χ3n) is 27.1. The van der Waals surface area contributed by atoms with Crippen molar-refractivity contribution in [3.63, 3.8) is 0 Å². The Hall–Kier alpha value is -5.34. The molecule has 66 heteroatoms. The van der Waals surface area contributed by atoms with Crippen molar-refractivity contribution in [3.8, 4) is 0 Å². The third-order valence-corrected chi connectivity index (χ3v) is 27.1. The first-order valence-corrected chi connectivity index (χ1v) is 47.9. The van der Waals surface area contributed by atoms with E-state index in [-0.39, 0.29) is 0 Å². The molecule has 0 aromatic rings. The van der Waals surface area contributed by atoms with Crippen LogP contribution in [0, 0.1) is 0 Å². The molecule has 0 aromatic carbocycles. The van der Waals surface area contributed by atoms with Gasteiger partial charge in [0.25, 0.3) is 0 Å². The zero-order valence-electron chi connectivity index (χ0n) is 81.3. The molecule has 6 amide bonds. The zero-order chi connectivity index (χ0) is 111. The lowest BCUT2D eigenvalue weighted by molar-refractivity contribution is -0.406. The third kappa shape index (κ3) is 28.7. The summed E-state index contributed by atoms with van der Waals surface area (Å²) < 4.78 is 133. The van der Waals surface area contributed by atoms with E-state index in [2.05, 4.69) is 31.9 Å². The van der Waals surface area contributed by atoms with Gasteiger partial charge in [-0.1, -0.05) is 0 Å². The molecule has 0 bridgehead atoms. The van der Waals surface area contributed by atoms with Crippen LogP contribution in [0.15, 0.2) is 0 Å². The normalized spacial score (nSPS) is 46.5. The molecule has 868 valence electrons. The highest BCUT2D eigenvalue weighted by Crippen LogP contribution is 2.43. The minimum absolute atomic E-state index is 0.842. The van der Waals surface area contributed by atoms with Crippen LogP contribution >= 0.6 is 0 Å². The van der Waals surface area contributed by atoms with Gasteiger partial charge in [0.15, 0.2) is 69.2 Å². The van der Waals surface area contributed by atoms with Crippen molar-refractivity contribution in [1.82, 2.24) is 31.9 Å². The molecule has 11 aliphatic rings. The minimum atomic E-state index is -2.86. The fraction of sp³-hybridized carbons (Fsp3) is 0.929. The molecule has 0 aromatic heterocycles. The first kappa shape index (κ1) is 125. The Morgan fingerprint density at radius 1 is 0.247 bits per heavy atom. The van der Waals surface area contributed by atoms with Crippen LogP contribution in [0.2, 0.25) is 0 Å². The van der Waals surface area contributed by atoms with Gasteiger partial charge in [0.1, 0.15) is 280 Å². The maximum atomic E-state index is 13.5. The van der Waals surface area contributed by atoms with Crippen molar-refractivity contribution in [3.05, 3.63) is 0 Å². The zero-order valence-corrected chi connectivity index (χ0v) is 81.3. The molecule has 11 saturated heterocycles. The number of hydrogen-bond acceptors (Lipinski definition) is 60. The Labute approximate surface area is 850 Å². The second-order valence-electron chi connectivity index (χ2n) is 37.9. The fourth-order valence-electron chi connectivity index (χ4n) is 19.1. The maximum absolute atomic E-state index is 13.5. The molecule has 0 aliphatic carbocycles. The van der Waals surface area contributed by atoms with Crippen molar-refractivity contribution >= 4 is 35.4 Å². The summed E-state index contributed by atoms with van der Waals surface area (Å²) in [6.07, 6.45) is -117. The van der Waals surface area contributed by atoms with Crippen LogP contribution in [0.4, 0.5) is 0 Å². The van der Waals surface area contributed by atoms with Gasteiger partial charge >= 0.3 is 0 Å². The van der Waals surface area contributed by atoms with Gasteiger partial charge in [0.05, 0.1) is 91.4 Å². The first-order chi connectivity index (χ1) is 70.9. The molecule has 59 atom stereocenters. The number of carbonyl (C=O) groups excluding carboxylic acids is 6. The number of ether oxygens (including phenoxy) is 22. The van der Waals surface area contributed by atoms with Crippen LogP contribution < -0.4 is 31.9 Å². The molecule has 0 radical (unpaired) electrons. The van der Waals surface area contributed by atoms with Crippen molar-refractivity contribution in [2.24, 2.45) is 0 Å². The van der Waals surface area contributed by atoms with E-state index in [4.69, 9.17) is 104 Å². The van der Waals surface area contributed by atoms with Crippen LogP contribution in [0.5, 0.6) is 0 Å². The highest BCUT2D eigenvalue weighted by Gasteiger charge is 2.63. The Morgan fingerprint density at radius 2 is 0.533 bits per heavy atom. The van der Waals surface area contributed by atoms with E-state index >= 15 is 0 Å². The smallest absolute Gasteiger partial charge is 0.217 e. The molecule has 150 heavy (non-hydrogen) atoms. The molecule has 38 N–H and O–H groups in total. The highest BCUT2D eigenvalue weighted by molar-refractivity contribution is 5.75. The van der Waals surface area contributed by atoms with E-state index < -0.39 is 477 Å². The lowest BCUT2D eigenvalue weighted by Crippen LogP contribution is -2.71. The average Bonchev–Trinajstić information content (AvgIpc) is 0.754. The van der Waals surface area contributed by atoms with Gasteiger partial charge in [-0.2, -0.15) is 0 Å². The summed E-state index contributed by atoms with van der Waals surface area (Å²) >= 11 is 0. The van der Waals surface area contributed by atoms with Crippen LogP contribution in [0.3, 0.4) is 0 Å². The van der Waals surface area contributed by atoms with E-state index in [9.17, 15) is 192 Å². The van der Waals surface area contributed by atoms with Crippen LogP contribution in [-0.2, 0) is 133 Å². The quantitative estimate of drug-likeness (QED) is 0.0270. The summed E-state index contributed by atoms with van der Waals surface area (Å²) in [7, 11) is 0. The Morgan fingerprint density at radius 3 is 0.940 bits per heavy atom. The number of aliphatic hydroxyl groups excluding tert-OH is 32. The van der Waals surface area contributed by atoms with Gasteiger partial charge < -0.3 is 300 Å². The molecule has 11 heterocycles. The lowest BCUT2D eigenvalue weighted by atomic mass is 9.93. The highest BCUT2D eigenvalue weighted by atomic mass is 16.8. The van der Waals surface area contributed by atoms with Crippen molar-refractivity contribution in [2.45, 2.75) is 410 Å². The van der Waals surface area contributed by atoms with Gasteiger partial charge in [-0.3, -0.25) is 28.8 Å². The second-order valence-corrected chi connectivity index (χ2v) is 37.9. The van der Waals surface area contributed by atoms with Gasteiger partial charge in [0, 0.05) is 41.5 Å². The summed E-state index contributed by atoms with van der Waals surface area (Å²) in [4.78, 5) is 78.4. The van der Waals surface area contributed by atoms with Gasteiger partial charge in [-0.25, -0.2) is 0 Å². The van der Waals surface area contributed by atoms with E-state index in [1.807, 2.05) is 0 Å². The number of nitrogens with one attached hydrogen (secondary N) is 6. The molecule has 11 aliphatic heterocycles. The molecular weight excluding hydrogens is 2050 g/mol. The Balaban J connectivity index is 1.02. The second kappa shape index (κ2) is 55.4. The van der Waals surface area contributed by atoms with E-state index in [0.29, 0.717) is 0 Å². The van der Waals surface area contributed by atoms with E-state index in [1.165, 1.54) is 6.92 Å². The van der Waals surface area contributed by atoms with Crippen LogP contribution in [0.25, 0.3) is 0 Å². The molecular formula is C84H142N6O60. The summed E-state index contributed by atoms with van der Waals surface area (Å²) in [5.74, 6) is -5.99. The number of rotatable bonds is 43. The van der Waals surface area contributed by atoms with Crippen molar-refractivity contribution in [2.75, 3.05) is 79.3 Å². The first-order valence-electron chi connectivity index (χ1n) is 47.9. The van der Waals surface area contributed by atoms with Gasteiger partial charge in [0.2, 0.25) is 35.4 Å². The fourth-order valence-corrected chi connectivity index (χ4v) is 19.1. The molecule has 11 fully saturated rings. The van der Waals surface area contributed by atoms with Gasteiger partial charge in [-0.15, -0.1) is 0 Å². The summed E-state index contributed by atoms with van der Waals surface area (Å²) in [5, 5.41) is 378. The molecule has 0 unspecified atom stereocenters. The minimum Gasteiger partial charge on any atom is -0.394 e. The van der Waals surface area contributed by atoms with Crippen LogP contribution in [-0.4, -0.2) is 640 Å². The average molecular weight is 2200 g/mol. The van der Waals surface area contributed by atoms with E-state index in [0.717, 1.165) is 41.5 Å². The number of aliphatic hydroxyl groups is 32. The van der Waals surface area contributed by atoms with E-state index in [1.54, 1.807) is 0 Å². The predicted molar refractivity (Wildman–Crippen MR) is 465 cm³/mol. The molecule has 0 spiro atoms. The summed E-state index contributed by atoms with van der Waals surface area (Å²) in [6, 6.07) is -12.0. The molecule has 11 rings (SSSR count). The van der Waals surface area contributed by atoms with Crippen LogP contribution in [0.1, 0.15) is 48.5 Å². The lowest BCUT2D eigenvalue weighted by Gasteiger charge is -2.52. The summed E-state index contributed by atoms with van der Waals surface area (Å²) in [6.45, 7) is -7.78. The predicted octanol–water partition coefficient (Wildman–Crippen LogP) is -25.6. The number of carbonyl (C=O) groups is 6. The Bertz CT molecular complexity index is 4190. The standard InChI is InChI=1S/C84H142N6O60/c1-20-44(107)57(120)61(124)79(132-20)129-17-28(106)66(45(108)27(8-91)85-21(2)100)143-76-41(88-24(5)103)54(117)69(35(15-98)137-76)147-82-65(128)71(51(114)38(141-82)19-131-83-72(149-75-40(87-23(4)102)53(116)47(110)30(10-93)134-75)60(123)50(113)37(142-83)18-130-74-39(86-22(3)101)52(115)46(109)29(9-92)133-74)148-84-73(150-78-43(90-26(7)105)56(119)68(34(14-97)139-78)146-81-63(126)59(122)49(112)32(12-95)136-81)64(127)70(36(16-99)140-84)144-77-42(89-25(6)104)55(118)67(33(13-96)138-77)145-80-62(125)58(121)48(111)31(11-94)135-80/h20,27-84,91-99,106-128H,8-19H2,1-7H3,(H,85,100)(H,86,101)(H,87,102)(H,88,103)(H,89,104)(H,90,105)/t20-,27-,28+,29+,30+,31+,32+,33+,34+,35+,36+,37+,38+,39+,40+,41+,42+,43-,44+,45+,46+,47+,48-,49-,50+,51+,52+,53+,54+,55+,56+,57+,58-,59-,60-,61-,62+,63+,64-,65-,66+,67+,68+,69+,70+,71-,72-,73-,74+,75-,76-,77-,78-,79+,80-,81-,82-,83-,84+/m0/s1. The number of amides is 6. The number of hydrogen-bond donors (Lipinski definition) is 38. The molecule has 66 nitrogen and oxygen atoms in total. The monoisotopic (exact) mass is 2190 g/mol. The van der Waals surface area contributed by atoms with Crippen molar-refractivity contribution < 1.29 is 296 Å². The largest absolute Gasteiger partial charge is 0.394 e. The molecule has 0 saturated carbocycles.